The monoisotopic (exact) mass is 865 g/mol. The number of ether oxygens (including phenoxy) is 5. The van der Waals surface area contributed by atoms with Crippen LogP contribution in [-0.4, -0.2) is 158 Å². The van der Waals surface area contributed by atoms with Crippen molar-refractivity contribution in [3.8, 4) is 0 Å². The molecule has 1 amide bonds. The van der Waals surface area contributed by atoms with Crippen LogP contribution in [0.5, 0.6) is 0 Å². The van der Waals surface area contributed by atoms with Gasteiger partial charge in [0.05, 0.1) is 59.2 Å². The number of carbonyl (C=O) groups excluding carboxylic acids is 1. The molecule has 9 N–H and O–H groups in total. The highest BCUT2D eigenvalue weighted by atomic mass is 31.3. The minimum atomic E-state index is -5.43. The summed E-state index contributed by atoms with van der Waals surface area (Å²) in [5, 5.41) is 48.8. The number of aliphatic hydroxyl groups excluding tert-OH is 4. The van der Waals surface area contributed by atoms with E-state index in [2.05, 4.69) is 34.6 Å². The molecule has 0 radical (unpaired) electrons. The van der Waals surface area contributed by atoms with Gasteiger partial charge in [0.15, 0.2) is 41.7 Å². The van der Waals surface area contributed by atoms with E-state index in [0.29, 0.717) is 45.4 Å². The Balaban J connectivity index is 1.06. The van der Waals surface area contributed by atoms with Crippen molar-refractivity contribution >= 4 is 38.5 Å². The minimum absolute atomic E-state index is 0.0611. The van der Waals surface area contributed by atoms with E-state index in [-0.39, 0.29) is 29.9 Å². The summed E-state index contributed by atoms with van der Waals surface area (Å²) in [6.45, 7) is 0.660. The Bertz CT molecular complexity index is 1980. The van der Waals surface area contributed by atoms with Crippen molar-refractivity contribution in [3.63, 3.8) is 0 Å². The quantitative estimate of drug-likeness (QED) is 0.0123. The minimum Gasteiger partial charge on any atom is -0.387 e. The van der Waals surface area contributed by atoms with Crippen LogP contribution < -0.4 is 15.6 Å². The van der Waals surface area contributed by atoms with E-state index in [1.807, 2.05) is 0 Å². The Morgan fingerprint density at radius 3 is 2.24 bits per heavy atom. The molecule has 0 aliphatic carbocycles. The molecule has 5 heterocycles. The molecule has 29 heteroatoms. The second-order valence-electron chi connectivity index (χ2n) is 12.4. The van der Waals surface area contributed by atoms with Crippen LogP contribution in [0.15, 0.2) is 42.3 Å². The van der Waals surface area contributed by atoms with Gasteiger partial charge in [0.2, 0.25) is 0 Å². The van der Waals surface area contributed by atoms with Crippen molar-refractivity contribution in [2.45, 2.75) is 49.1 Å². The number of fused-ring (bicyclic) bond motifs is 1. The van der Waals surface area contributed by atoms with E-state index < -0.39 is 83.8 Å². The Hall–Kier alpha value is -3.82. The van der Waals surface area contributed by atoms with Gasteiger partial charge in [-0.25, -0.2) is 24.1 Å². The van der Waals surface area contributed by atoms with Crippen LogP contribution in [0.3, 0.4) is 0 Å². The molecule has 320 valence electrons. The van der Waals surface area contributed by atoms with Crippen molar-refractivity contribution in [3.05, 3.63) is 53.2 Å². The fourth-order valence-corrected chi connectivity index (χ4v) is 7.71. The van der Waals surface area contributed by atoms with Gasteiger partial charge in [0.25, 0.3) is 12.1 Å². The smallest absolute Gasteiger partial charge is 0.387 e. The topological polar surface area (TPSA) is 381 Å². The molecule has 27 nitrogen and oxygen atoms in total. The lowest BCUT2D eigenvalue weighted by Gasteiger charge is -2.20. The number of azide groups is 1. The number of hydrogen-bond acceptors (Lipinski definition) is 20. The molecular weight excluding hydrogens is 822 g/mol. The first-order chi connectivity index (χ1) is 27.7. The number of nitrogens with one attached hydrogen (secondary N) is 1. The molecule has 58 heavy (non-hydrogen) atoms. The molecule has 5 rings (SSSR count). The standard InChI is InChI=1S/C29H42N10O17P2/c30-25(44)17-2-1-5-38(12-17)28-23(42)21(40)18(54-28)13-52-57(45,46)56-58(47,48)53-14-19-22(41)24(43)29(55-19)39-16-35-20-26(33-15-34-27(20)39)32-3-6-49-8-10-51-11-9-50-7-4-36-37-31/h1-2,5,12,15-16,18-19,21-24,28-29,40-43H,3-4,6-11,13-14H2,(H4-,30,32,33,34,44,45,46,47,48)/p+1/t18-,19+,21-,22+,23-,24+,28-,29+/m0/s1. The van der Waals surface area contributed by atoms with Crippen LogP contribution in [0.1, 0.15) is 22.8 Å². The predicted octanol–water partition coefficient (Wildman–Crippen LogP) is -1.83. The Morgan fingerprint density at radius 1 is 0.931 bits per heavy atom. The SMILES string of the molecule is [N-]=[N+]=NCCOCCOCCOCCNc1ncnc2c1ncn2[C@@H]1O[C@H](COP(=O)(O)OP(=O)(O)OC[C@@H]2O[C@H]([n+]3cccc(C(N)=O)c3)[C@@H](O)[C@H]2O)[C@@H](O)[C@H]1O. The number of hydrogen-bond donors (Lipinski definition) is 8. The Labute approximate surface area is 328 Å². The van der Waals surface area contributed by atoms with E-state index >= 15 is 0 Å². The summed E-state index contributed by atoms with van der Waals surface area (Å²) in [7, 11) is -10.8. The number of aliphatic hydroxyl groups is 4. The van der Waals surface area contributed by atoms with Gasteiger partial charge in [-0.3, -0.25) is 18.4 Å². The lowest BCUT2D eigenvalue weighted by Crippen LogP contribution is -2.46. The second-order valence-corrected chi connectivity index (χ2v) is 15.4. The average molecular weight is 866 g/mol. The number of anilines is 1. The van der Waals surface area contributed by atoms with E-state index in [4.69, 9.17) is 44.0 Å². The maximum Gasteiger partial charge on any atom is 0.481 e. The Kier molecular flexibility index (Phi) is 16.3. The van der Waals surface area contributed by atoms with Crippen LogP contribution >= 0.6 is 15.6 Å². The van der Waals surface area contributed by atoms with Crippen LogP contribution in [0.2, 0.25) is 0 Å². The number of phosphoric ester groups is 2. The lowest BCUT2D eigenvalue weighted by atomic mass is 10.1. The first kappa shape index (κ1) is 45.3. The van der Waals surface area contributed by atoms with Crippen molar-refractivity contribution < 1.29 is 85.7 Å². The highest BCUT2D eigenvalue weighted by Gasteiger charge is 2.50. The number of phosphoric acid groups is 2. The summed E-state index contributed by atoms with van der Waals surface area (Å²) in [5.41, 5.74) is 14.0. The first-order valence-electron chi connectivity index (χ1n) is 17.4. The molecule has 0 bridgehead atoms. The first-order valence-corrected chi connectivity index (χ1v) is 20.4. The summed E-state index contributed by atoms with van der Waals surface area (Å²) < 4.78 is 69.0. The zero-order valence-electron chi connectivity index (χ0n) is 30.4. The van der Waals surface area contributed by atoms with Crippen molar-refractivity contribution in [1.29, 1.82) is 0 Å². The maximum atomic E-state index is 12.6. The number of primary amides is 1. The molecule has 2 unspecified atom stereocenters. The van der Waals surface area contributed by atoms with E-state index in [1.54, 1.807) is 0 Å². The normalized spacial score (nSPS) is 26.6. The number of pyridine rings is 1. The number of carbonyl (C=O) groups is 1. The van der Waals surface area contributed by atoms with Gasteiger partial charge < -0.3 is 64.9 Å². The molecule has 10 atom stereocenters. The van der Waals surface area contributed by atoms with Gasteiger partial charge in [-0.05, 0) is 11.6 Å². The fourth-order valence-electron chi connectivity index (χ4n) is 5.62. The average Bonchev–Trinajstić information content (AvgIpc) is 3.84. The van der Waals surface area contributed by atoms with E-state index in [0.717, 1.165) is 0 Å². The molecule has 0 aromatic carbocycles. The number of nitrogens with two attached hydrogens (primary N) is 1. The molecule has 3 aromatic rings. The third-order valence-corrected chi connectivity index (χ3v) is 11.0. The highest BCUT2D eigenvalue weighted by molar-refractivity contribution is 7.61. The fraction of sp³-hybridized carbons (Fsp3) is 0.621. The number of rotatable bonds is 24. The van der Waals surface area contributed by atoms with Crippen molar-refractivity contribution in [1.82, 2.24) is 19.5 Å². The summed E-state index contributed by atoms with van der Waals surface area (Å²) in [4.78, 5) is 47.1. The molecule has 0 saturated carbocycles. The Morgan fingerprint density at radius 2 is 1.57 bits per heavy atom. The highest BCUT2D eigenvalue weighted by Crippen LogP contribution is 2.60. The maximum absolute atomic E-state index is 12.6. The van der Waals surface area contributed by atoms with Gasteiger partial charge in [0.1, 0.15) is 42.4 Å². The van der Waals surface area contributed by atoms with E-state index in [9.17, 15) is 44.1 Å². The van der Waals surface area contributed by atoms with E-state index in [1.165, 1.54) is 46.3 Å². The zero-order valence-corrected chi connectivity index (χ0v) is 32.2. The summed E-state index contributed by atoms with van der Waals surface area (Å²) in [6.07, 6.45) is -6.96. The van der Waals surface area contributed by atoms with Crippen LogP contribution in [0.25, 0.3) is 21.6 Å². The molecule has 3 aromatic heterocycles. The van der Waals surface area contributed by atoms with Gasteiger partial charge in [-0.1, -0.05) is 5.11 Å². The number of imidazole rings is 1. The van der Waals surface area contributed by atoms with Crippen LogP contribution in [-0.2, 0) is 46.2 Å². The molecule has 2 aliphatic heterocycles. The summed E-state index contributed by atoms with van der Waals surface area (Å²) in [6, 6.07) is 2.83. The van der Waals surface area contributed by atoms with Crippen LogP contribution in [0, 0.1) is 0 Å². The summed E-state index contributed by atoms with van der Waals surface area (Å²) >= 11 is 0. The van der Waals surface area contributed by atoms with Gasteiger partial charge in [-0.2, -0.15) is 8.88 Å². The molecule has 2 aliphatic rings. The largest absolute Gasteiger partial charge is 0.481 e. The number of nitrogens with zero attached hydrogens (tertiary/aromatic N) is 8. The van der Waals surface area contributed by atoms with Gasteiger partial charge in [0, 0.05) is 24.1 Å². The summed E-state index contributed by atoms with van der Waals surface area (Å²) in [5.74, 6) is -0.451. The zero-order chi connectivity index (χ0) is 41.9. The molecule has 0 spiro atoms. The lowest BCUT2D eigenvalue weighted by molar-refractivity contribution is -0.765. The number of amides is 1. The second kappa shape index (κ2) is 20.9. The number of aromatic nitrogens is 5. The van der Waals surface area contributed by atoms with Crippen LogP contribution in [0.4, 0.5) is 5.82 Å². The third-order valence-electron chi connectivity index (χ3n) is 8.40. The molecule has 2 fully saturated rings. The van der Waals surface area contributed by atoms with Gasteiger partial charge >= 0.3 is 15.6 Å². The van der Waals surface area contributed by atoms with Crippen molar-refractivity contribution in [2.75, 3.05) is 71.3 Å². The molecular formula is C29H43N10O17P2+. The van der Waals surface area contributed by atoms with Gasteiger partial charge in [-0.15, -0.1) is 0 Å². The predicted molar refractivity (Wildman–Crippen MR) is 190 cm³/mol. The third kappa shape index (κ3) is 12.1. The van der Waals surface area contributed by atoms with Crippen molar-refractivity contribution in [2.24, 2.45) is 10.8 Å². The molecule has 2 saturated heterocycles.